The summed E-state index contributed by atoms with van der Waals surface area (Å²) in [7, 11) is 0. The van der Waals surface area contributed by atoms with E-state index in [1.807, 2.05) is 0 Å². The van der Waals surface area contributed by atoms with Gasteiger partial charge in [-0.25, -0.2) is 9.78 Å². The summed E-state index contributed by atoms with van der Waals surface area (Å²) in [5.74, 6) is -3.35. The number of hydrogen-bond donors (Lipinski definition) is 3. The molecule has 3 rings (SSSR count). The largest absolute Gasteiger partial charge is 0.462 e. The van der Waals surface area contributed by atoms with Crippen molar-refractivity contribution in [3.8, 4) is 0 Å². The highest BCUT2D eigenvalue weighted by Gasteiger charge is 2.54. The minimum atomic E-state index is -1.22. The molecule has 2 amide bonds. The van der Waals surface area contributed by atoms with Crippen molar-refractivity contribution in [1.29, 1.82) is 0 Å². The summed E-state index contributed by atoms with van der Waals surface area (Å²) in [6.45, 7) is 3.68. The lowest BCUT2D eigenvalue weighted by molar-refractivity contribution is -0.182. The number of oxime groups is 1. The number of carbonyl (C=O) groups is 5. The minimum Gasteiger partial charge on any atom is -0.462 e. The van der Waals surface area contributed by atoms with Gasteiger partial charge in [-0.15, -0.1) is 23.1 Å². The maximum absolute atomic E-state index is 13.1. The second-order valence-electron chi connectivity index (χ2n) is 7.54. The van der Waals surface area contributed by atoms with E-state index in [0.29, 0.717) is 5.57 Å². The summed E-state index contributed by atoms with van der Waals surface area (Å²) in [5, 5.41) is 15.7. The number of nitrogens with one attached hydrogen (secondary N) is 1. The molecule has 0 aromatic carbocycles. The lowest BCUT2D eigenvalue weighted by atomic mass is 10.0. The number of rotatable bonds is 9. The maximum atomic E-state index is 13.1. The van der Waals surface area contributed by atoms with Crippen molar-refractivity contribution in [2.45, 2.75) is 38.5 Å². The molecule has 1 fully saturated rings. The number of allylic oxidation sites excluding steroid dienone is 1. The first kappa shape index (κ1) is 27.7. The lowest BCUT2D eigenvalue weighted by Gasteiger charge is -2.49. The molecular weight excluding hydrogens is 530 g/mol. The minimum absolute atomic E-state index is 0.0336. The molecule has 1 unspecified atom stereocenters. The fraction of sp³-hybridized carbons (Fsp3) is 0.381. The van der Waals surface area contributed by atoms with Crippen LogP contribution in [-0.4, -0.2) is 80.6 Å². The van der Waals surface area contributed by atoms with E-state index in [4.69, 9.17) is 19.9 Å². The third-order valence-electron chi connectivity index (χ3n) is 4.86. The highest BCUT2D eigenvalue weighted by Crippen LogP contribution is 2.41. The Labute approximate surface area is 218 Å². The summed E-state index contributed by atoms with van der Waals surface area (Å²) >= 11 is 2.29. The average Bonchev–Trinajstić information content (AvgIpc) is 3.25. The summed E-state index contributed by atoms with van der Waals surface area (Å²) < 4.78 is 14.9. The van der Waals surface area contributed by atoms with Gasteiger partial charge in [-0.05, 0) is 11.6 Å². The van der Waals surface area contributed by atoms with Gasteiger partial charge < -0.3 is 30.5 Å². The van der Waals surface area contributed by atoms with E-state index >= 15 is 0 Å². The number of esters is 3. The van der Waals surface area contributed by atoms with Crippen molar-refractivity contribution in [3.05, 3.63) is 34.5 Å². The average molecular weight is 554 g/mol. The van der Waals surface area contributed by atoms with Crippen LogP contribution in [0.25, 0.3) is 0 Å². The fourth-order valence-corrected chi connectivity index (χ4v) is 5.27. The predicted molar refractivity (Wildman–Crippen MR) is 130 cm³/mol. The Balaban J connectivity index is 1.81. The first-order valence-electron chi connectivity index (χ1n) is 10.6. The molecule has 3 atom stereocenters. The van der Waals surface area contributed by atoms with Crippen molar-refractivity contribution in [2.24, 2.45) is 5.16 Å². The quantitative estimate of drug-likeness (QED) is 0.0933. The molecule has 0 radical (unpaired) electrons. The number of nitrogen functional groups attached to an aromatic ring is 1. The maximum Gasteiger partial charge on any atom is 0.358 e. The van der Waals surface area contributed by atoms with Crippen LogP contribution in [0.3, 0.4) is 0 Å². The van der Waals surface area contributed by atoms with Gasteiger partial charge >= 0.3 is 17.9 Å². The smallest absolute Gasteiger partial charge is 0.358 e. The number of thiazole rings is 1. The van der Waals surface area contributed by atoms with Crippen molar-refractivity contribution in [3.63, 3.8) is 0 Å². The lowest BCUT2D eigenvalue weighted by Crippen LogP contribution is -2.71. The number of aromatic nitrogens is 1. The normalized spacial score (nSPS) is 20.1. The van der Waals surface area contributed by atoms with Crippen LogP contribution < -0.4 is 11.1 Å². The summed E-state index contributed by atoms with van der Waals surface area (Å²) in [5.41, 5.74) is 5.45. The van der Waals surface area contributed by atoms with Crippen LogP contribution in [0.4, 0.5) is 5.13 Å². The molecule has 0 aliphatic carbocycles. The second-order valence-corrected chi connectivity index (χ2v) is 9.54. The van der Waals surface area contributed by atoms with Crippen LogP contribution in [0.15, 0.2) is 34.0 Å². The number of fused-ring (bicyclic) bond motifs is 1. The standard InChI is InChI=1S/C21H23N5O9S2/c1-9(27)33-6-4-5-12-7-36-19-15(24-17(29)14(25-32)13-8-37-21(22)23-13)18(30)26(19)16(12)20(31)35-11(3)34-10(2)28/h4-5,8,11,15,19,32H,6-7H2,1-3H3,(H2,22,23)(H,24,29)/b5-4-,25-14-/t11?,15-,19-/m1/s1. The third-order valence-corrected chi connectivity index (χ3v) is 6.84. The van der Waals surface area contributed by atoms with Crippen LogP contribution >= 0.6 is 23.1 Å². The zero-order chi connectivity index (χ0) is 27.3. The van der Waals surface area contributed by atoms with Crippen molar-refractivity contribution in [1.82, 2.24) is 15.2 Å². The van der Waals surface area contributed by atoms with E-state index in [1.54, 1.807) is 0 Å². The molecule has 16 heteroatoms. The van der Waals surface area contributed by atoms with E-state index in [0.717, 1.165) is 23.2 Å². The highest BCUT2D eigenvalue weighted by molar-refractivity contribution is 8.00. The van der Waals surface area contributed by atoms with Gasteiger partial charge in [0.15, 0.2) is 10.8 Å². The Morgan fingerprint density at radius 1 is 1.32 bits per heavy atom. The predicted octanol–water partition coefficient (Wildman–Crippen LogP) is 0.129. The topological polar surface area (TPSA) is 200 Å². The number of nitrogens with zero attached hydrogens (tertiary/aromatic N) is 3. The number of ether oxygens (including phenoxy) is 3. The van der Waals surface area contributed by atoms with Gasteiger partial charge in [-0.1, -0.05) is 11.2 Å². The molecule has 2 aliphatic rings. The van der Waals surface area contributed by atoms with E-state index in [9.17, 15) is 29.2 Å². The number of amides is 2. The zero-order valence-corrected chi connectivity index (χ0v) is 21.5. The molecule has 1 saturated heterocycles. The molecule has 4 N–H and O–H groups in total. The van der Waals surface area contributed by atoms with Crippen LogP contribution in [0, 0.1) is 0 Å². The van der Waals surface area contributed by atoms with E-state index in [1.165, 1.54) is 43.1 Å². The Bertz CT molecular complexity index is 1210. The van der Waals surface area contributed by atoms with Gasteiger partial charge in [0.1, 0.15) is 29.4 Å². The van der Waals surface area contributed by atoms with Gasteiger partial charge in [-0.2, -0.15) is 0 Å². The van der Waals surface area contributed by atoms with Gasteiger partial charge in [-0.3, -0.25) is 24.1 Å². The molecule has 0 spiro atoms. The summed E-state index contributed by atoms with van der Waals surface area (Å²) in [4.78, 5) is 66.0. The number of hydrogen-bond acceptors (Lipinski definition) is 14. The van der Waals surface area contributed by atoms with Crippen molar-refractivity contribution < 1.29 is 43.4 Å². The molecule has 37 heavy (non-hydrogen) atoms. The summed E-state index contributed by atoms with van der Waals surface area (Å²) in [6, 6.07) is -1.05. The number of thioether (sulfide) groups is 1. The molecular formula is C21H23N5O9S2. The van der Waals surface area contributed by atoms with Crippen LogP contribution in [0.5, 0.6) is 0 Å². The van der Waals surface area contributed by atoms with Crippen LogP contribution in [-0.2, 0) is 38.2 Å². The molecule has 14 nitrogen and oxygen atoms in total. The van der Waals surface area contributed by atoms with E-state index < -0.39 is 53.1 Å². The van der Waals surface area contributed by atoms with Gasteiger partial charge in [0.2, 0.25) is 6.29 Å². The molecule has 3 heterocycles. The first-order valence-corrected chi connectivity index (χ1v) is 12.6. The number of β-lactam (4-membered cyclic amide) rings is 1. The molecule has 0 bridgehead atoms. The molecule has 1 aromatic rings. The molecule has 0 saturated carbocycles. The van der Waals surface area contributed by atoms with Gasteiger partial charge in [0, 0.05) is 31.9 Å². The molecule has 198 valence electrons. The van der Waals surface area contributed by atoms with E-state index in [2.05, 4.69) is 15.5 Å². The first-order chi connectivity index (χ1) is 17.5. The Hall–Kier alpha value is -3.92. The van der Waals surface area contributed by atoms with Crippen LogP contribution in [0.2, 0.25) is 0 Å². The number of nitrogens with two attached hydrogens (primary N) is 1. The Kier molecular flexibility index (Phi) is 8.88. The SMILES string of the molecule is CC(=O)OC/C=C\C1=C(C(=O)OC(C)OC(C)=O)N2C(=O)[C@@H](NC(=O)/C(=N\O)c3csc(N)n3)[C@H]2SC1. The monoisotopic (exact) mass is 553 g/mol. The van der Waals surface area contributed by atoms with Crippen molar-refractivity contribution in [2.75, 3.05) is 18.1 Å². The number of carbonyl (C=O) groups excluding carboxylic acids is 5. The van der Waals surface area contributed by atoms with Gasteiger partial charge in [0.25, 0.3) is 11.8 Å². The van der Waals surface area contributed by atoms with E-state index in [-0.39, 0.29) is 28.9 Å². The molecule has 2 aliphatic heterocycles. The summed E-state index contributed by atoms with van der Waals surface area (Å²) in [6.07, 6.45) is 1.78. The van der Waals surface area contributed by atoms with Crippen LogP contribution in [0.1, 0.15) is 26.5 Å². The fourth-order valence-electron chi connectivity index (χ4n) is 3.40. The van der Waals surface area contributed by atoms with Gasteiger partial charge in [0.05, 0.1) is 0 Å². The highest BCUT2D eigenvalue weighted by atomic mass is 32.2. The Morgan fingerprint density at radius 2 is 2.05 bits per heavy atom. The van der Waals surface area contributed by atoms with Crippen molar-refractivity contribution >= 4 is 63.7 Å². The Morgan fingerprint density at radius 3 is 2.65 bits per heavy atom. The zero-order valence-electron chi connectivity index (χ0n) is 19.8. The second kappa shape index (κ2) is 11.9. The number of anilines is 1. The molecule has 1 aromatic heterocycles. The third kappa shape index (κ3) is 6.45.